The molecule has 2 nitrogen and oxygen atoms in total. The maximum atomic E-state index is 9.44. The lowest BCUT2D eigenvalue weighted by Gasteiger charge is -2.26. The number of hydrogen-bond acceptors (Lipinski definition) is 2. The van der Waals surface area contributed by atoms with Gasteiger partial charge in [0.05, 0.1) is 12.2 Å². The van der Waals surface area contributed by atoms with Crippen LogP contribution in [0.4, 0.5) is 0 Å². The molecule has 1 aliphatic carbocycles. The van der Waals surface area contributed by atoms with E-state index in [4.69, 9.17) is 0 Å². The molecule has 0 amide bonds. The number of allylic oxidation sites excluding steroid dienone is 1. The van der Waals surface area contributed by atoms with Crippen molar-refractivity contribution in [2.24, 2.45) is 0 Å². The Labute approximate surface area is 73.2 Å². The van der Waals surface area contributed by atoms with Gasteiger partial charge in [-0.1, -0.05) is 19.6 Å². The SMILES string of the molecule is C=C1/C(=C\CC)C[C@H](O)C[C@H]1O. The van der Waals surface area contributed by atoms with Gasteiger partial charge in [0.15, 0.2) is 0 Å². The van der Waals surface area contributed by atoms with E-state index in [2.05, 4.69) is 6.58 Å². The van der Waals surface area contributed by atoms with Crippen LogP contribution in [0.3, 0.4) is 0 Å². The average Bonchev–Trinajstić information content (AvgIpc) is 2.00. The number of hydrogen-bond donors (Lipinski definition) is 2. The van der Waals surface area contributed by atoms with E-state index in [-0.39, 0.29) is 0 Å². The molecule has 1 aliphatic rings. The summed E-state index contributed by atoms with van der Waals surface area (Å²) in [5.41, 5.74) is 1.80. The summed E-state index contributed by atoms with van der Waals surface area (Å²) in [6, 6.07) is 0. The summed E-state index contributed by atoms with van der Waals surface area (Å²) in [5, 5.41) is 18.8. The van der Waals surface area contributed by atoms with E-state index in [1.165, 1.54) is 0 Å². The zero-order valence-corrected chi connectivity index (χ0v) is 7.45. The second kappa shape index (κ2) is 3.87. The molecule has 0 saturated heterocycles. The summed E-state index contributed by atoms with van der Waals surface area (Å²) in [6.07, 6.45) is 3.07. The Kier molecular flexibility index (Phi) is 3.06. The first-order valence-corrected chi connectivity index (χ1v) is 4.39. The summed E-state index contributed by atoms with van der Waals surface area (Å²) >= 11 is 0. The van der Waals surface area contributed by atoms with Gasteiger partial charge in [0.1, 0.15) is 0 Å². The van der Waals surface area contributed by atoms with E-state index in [9.17, 15) is 10.2 Å². The Bertz CT molecular complexity index is 206. The van der Waals surface area contributed by atoms with Crippen LogP contribution in [0.1, 0.15) is 26.2 Å². The molecule has 0 radical (unpaired) electrons. The molecular formula is C10H16O2. The fraction of sp³-hybridized carbons (Fsp3) is 0.600. The average molecular weight is 168 g/mol. The third-order valence-corrected chi connectivity index (χ3v) is 2.22. The van der Waals surface area contributed by atoms with Gasteiger partial charge in [-0.25, -0.2) is 0 Å². The van der Waals surface area contributed by atoms with Crippen molar-refractivity contribution in [2.75, 3.05) is 0 Å². The number of aliphatic hydroxyl groups is 2. The first-order valence-electron chi connectivity index (χ1n) is 4.39. The van der Waals surface area contributed by atoms with Gasteiger partial charge in [-0.2, -0.15) is 0 Å². The third kappa shape index (κ3) is 1.96. The highest BCUT2D eigenvalue weighted by Gasteiger charge is 2.24. The molecule has 0 bridgehead atoms. The molecule has 2 heteroatoms. The topological polar surface area (TPSA) is 40.5 Å². The molecule has 0 aromatic heterocycles. The summed E-state index contributed by atoms with van der Waals surface area (Å²) < 4.78 is 0. The monoisotopic (exact) mass is 168 g/mol. The van der Waals surface area contributed by atoms with Gasteiger partial charge < -0.3 is 10.2 Å². The van der Waals surface area contributed by atoms with Crippen molar-refractivity contribution in [3.63, 3.8) is 0 Å². The Hall–Kier alpha value is -0.600. The Balaban J connectivity index is 2.73. The van der Waals surface area contributed by atoms with Gasteiger partial charge >= 0.3 is 0 Å². The summed E-state index contributed by atoms with van der Waals surface area (Å²) in [6.45, 7) is 5.84. The molecule has 68 valence electrons. The van der Waals surface area contributed by atoms with Gasteiger partial charge in [-0.3, -0.25) is 0 Å². The maximum Gasteiger partial charge on any atom is 0.0811 e. The molecule has 0 aromatic rings. The highest BCUT2D eigenvalue weighted by Crippen LogP contribution is 2.28. The largest absolute Gasteiger partial charge is 0.393 e. The van der Waals surface area contributed by atoms with Crippen LogP contribution >= 0.6 is 0 Å². The Morgan fingerprint density at radius 2 is 2.25 bits per heavy atom. The van der Waals surface area contributed by atoms with Crippen molar-refractivity contribution in [3.8, 4) is 0 Å². The van der Waals surface area contributed by atoms with Crippen LogP contribution in [0.2, 0.25) is 0 Å². The molecule has 0 aromatic carbocycles. The quantitative estimate of drug-likeness (QED) is 0.621. The zero-order chi connectivity index (χ0) is 9.14. The second-order valence-corrected chi connectivity index (χ2v) is 3.27. The van der Waals surface area contributed by atoms with Crippen molar-refractivity contribution in [1.82, 2.24) is 0 Å². The van der Waals surface area contributed by atoms with Gasteiger partial charge in [0.25, 0.3) is 0 Å². The normalized spacial score (nSPS) is 34.2. The van der Waals surface area contributed by atoms with Crippen LogP contribution in [0.5, 0.6) is 0 Å². The Morgan fingerprint density at radius 1 is 1.58 bits per heavy atom. The van der Waals surface area contributed by atoms with Crippen LogP contribution in [0, 0.1) is 0 Å². The maximum absolute atomic E-state index is 9.44. The molecule has 12 heavy (non-hydrogen) atoms. The number of rotatable bonds is 1. The molecule has 1 saturated carbocycles. The van der Waals surface area contributed by atoms with Crippen molar-refractivity contribution in [2.45, 2.75) is 38.4 Å². The first kappa shape index (κ1) is 9.49. The van der Waals surface area contributed by atoms with Crippen molar-refractivity contribution in [3.05, 3.63) is 23.8 Å². The second-order valence-electron chi connectivity index (χ2n) is 3.27. The van der Waals surface area contributed by atoms with Crippen LogP contribution in [-0.2, 0) is 0 Å². The van der Waals surface area contributed by atoms with Crippen molar-refractivity contribution < 1.29 is 10.2 Å². The molecule has 1 fully saturated rings. The number of aliphatic hydroxyl groups excluding tert-OH is 2. The van der Waals surface area contributed by atoms with E-state index in [0.717, 1.165) is 17.6 Å². The molecule has 0 spiro atoms. The molecule has 0 unspecified atom stereocenters. The first-order chi connectivity index (χ1) is 5.65. The van der Waals surface area contributed by atoms with E-state index >= 15 is 0 Å². The lowest BCUT2D eigenvalue weighted by atomic mass is 9.86. The molecule has 2 N–H and O–H groups in total. The van der Waals surface area contributed by atoms with E-state index in [0.29, 0.717) is 12.8 Å². The van der Waals surface area contributed by atoms with Gasteiger partial charge in [-0.05, 0) is 24.0 Å². The van der Waals surface area contributed by atoms with Crippen LogP contribution in [-0.4, -0.2) is 22.4 Å². The molecular weight excluding hydrogens is 152 g/mol. The lowest BCUT2D eigenvalue weighted by Crippen LogP contribution is -2.26. The smallest absolute Gasteiger partial charge is 0.0811 e. The fourth-order valence-electron chi connectivity index (χ4n) is 1.54. The van der Waals surface area contributed by atoms with E-state index in [1.807, 2.05) is 13.0 Å². The van der Waals surface area contributed by atoms with Crippen molar-refractivity contribution in [1.29, 1.82) is 0 Å². The molecule has 1 rings (SSSR count). The van der Waals surface area contributed by atoms with E-state index < -0.39 is 12.2 Å². The molecule has 2 atom stereocenters. The van der Waals surface area contributed by atoms with Crippen molar-refractivity contribution >= 4 is 0 Å². The van der Waals surface area contributed by atoms with Gasteiger partial charge in [0.2, 0.25) is 0 Å². The minimum absolute atomic E-state index is 0.400. The fourth-order valence-corrected chi connectivity index (χ4v) is 1.54. The van der Waals surface area contributed by atoms with Gasteiger partial charge in [-0.15, -0.1) is 0 Å². The standard InChI is InChI=1S/C10H16O2/c1-3-4-8-5-9(11)6-10(12)7(8)2/h4,9-12H,2-3,5-6H2,1H3/b8-4-/t9-,10+/m0/s1. The molecule has 0 aliphatic heterocycles. The Morgan fingerprint density at radius 3 is 2.83 bits per heavy atom. The summed E-state index contributed by atoms with van der Waals surface area (Å²) in [5.74, 6) is 0. The molecule has 0 heterocycles. The predicted molar refractivity (Wildman–Crippen MR) is 48.8 cm³/mol. The summed E-state index contributed by atoms with van der Waals surface area (Å²) in [7, 11) is 0. The van der Waals surface area contributed by atoms with Crippen LogP contribution < -0.4 is 0 Å². The predicted octanol–water partition coefficient (Wildman–Crippen LogP) is 1.39. The van der Waals surface area contributed by atoms with Crippen LogP contribution in [0.15, 0.2) is 23.8 Å². The highest BCUT2D eigenvalue weighted by molar-refractivity contribution is 5.34. The van der Waals surface area contributed by atoms with E-state index in [1.54, 1.807) is 0 Å². The minimum atomic E-state index is -0.549. The van der Waals surface area contributed by atoms with Crippen LogP contribution in [0.25, 0.3) is 0 Å². The lowest BCUT2D eigenvalue weighted by molar-refractivity contribution is 0.0861. The zero-order valence-electron chi connectivity index (χ0n) is 7.45. The van der Waals surface area contributed by atoms with Gasteiger partial charge in [0, 0.05) is 6.42 Å². The highest BCUT2D eigenvalue weighted by atomic mass is 16.3. The summed E-state index contributed by atoms with van der Waals surface area (Å²) in [4.78, 5) is 0. The minimum Gasteiger partial charge on any atom is -0.393 e. The third-order valence-electron chi connectivity index (χ3n) is 2.22.